The largest absolute Gasteiger partial charge is 0.486 e. The predicted octanol–water partition coefficient (Wildman–Crippen LogP) is 9.59. The van der Waals surface area contributed by atoms with Crippen molar-refractivity contribution >= 4 is 12.0 Å². The van der Waals surface area contributed by atoms with E-state index in [2.05, 4.69) is 9.97 Å². The molecule has 3 atom stereocenters. The summed E-state index contributed by atoms with van der Waals surface area (Å²) in [5.74, 6) is 0.482. The van der Waals surface area contributed by atoms with E-state index in [4.69, 9.17) is 9.47 Å². The van der Waals surface area contributed by atoms with E-state index in [0.717, 1.165) is 49.8 Å². The Kier molecular flexibility index (Phi) is 11.6. The number of likely N-dealkylation sites (tertiary alicyclic amines) is 1. The van der Waals surface area contributed by atoms with Gasteiger partial charge in [0.2, 0.25) is 5.95 Å². The Morgan fingerprint density at radius 1 is 0.837 bits per heavy atom. The number of halogens is 6. The van der Waals surface area contributed by atoms with Crippen molar-refractivity contribution in [1.82, 2.24) is 14.9 Å². The number of amides is 1. The van der Waals surface area contributed by atoms with Crippen molar-refractivity contribution in [1.29, 1.82) is 0 Å². The van der Waals surface area contributed by atoms with Crippen LogP contribution >= 0.6 is 0 Å². The molecule has 1 saturated carbocycles. The lowest BCUT2D eigenvalue weighted by molar-refractivity contribution is -0.143. The number of rotatable bonds is 10. The second-order valence-electron chi connectivity index (χ2n) is 12.8. The summed E-state index contributed by atoms with van der Waals surface area (Å²) >= 11 is 0. The molecule has 1 saturated heterocycles. The Bertz CT molecular complexity index is 1470. The number of nitrogens with zero attached hydrogens (tertiary/aromatic N) is 4. The van der Waals surface area contributed by atoms with Crippen LogP contribution in [0.25, 0.3) is 0 Å². The van der Waals surface area contributed by atoms with Crippen molar-refractivity contribution in [3.63, 3.8) is 0 Å². The maximum atomic E-state index is 13.8. The van der Waals surface area contributed by atoms with E-state index >= 15 is 0 Å². The van der Waals surface area contributed by atoms with Crippen molar-refractivity contribution < 1.29 is 40.6 Å². The molecule has 1 aliphatic heterocycles. The van der Waals surface area contributed by atoms with Crippen LogP contribution in [-0.4, -0.2) is 45.2 Å². The maximum Gasteiger partial charge on any atom is 0.416 e. The van der Waals surface area contributed by atoms with Gasteiger partial charge in [0.05, 0.1) is 23.5 Å². The third-order valence-electron chi connectivity index (χ3n) is 9.41. The number of ether oxygens (including phenoxy) is 2. The first-order valence-electron chi connectivity index (χ1n) is 16.9. The van der Waals surface area contributed by atoms with E-state index in [0.29, 0.717) is 31.4 Å². The fraction of sp³-hybridized carbons (Fsp3) is 0.528. The minimum absolute atomic E-state index is 0.125. The van der Waals surface area contributed by atoms with E-state index in [1.54, 1.807) is 9.80 Å². The highest BCUT2D eigenvalue weighted by atomic mass is 19.4. The highest BCUT2D eigenvalue weighted by molar-refractivity contribution is 5.69. The molecule has 5 rings (SSSR count). The summed E-state index contributed by atoms with van der Waals surface area (Å²) in [5.41, 5.74) is -2.04. The Morgan fingerprint density at radius 2 is 1.41 bits per heavy atom. The van der Waals surface area contributed by atoms with Crippen LogP contribution in [-0.2, 0) is 30.2 Å². The van der Waals surface area contributed by atoms with E-state index < -0.39 is 29.5 Å². The van der Waals surface area contributed by atoms with Gasteiger partial charge >= 0.3 is 18.4 Å². The molecule has 1 aromatic heterocycles. The molecular formula is C36H42F6N4O3. The zero-order valence-corrected chi connectivity index (χ0v) is 27.6. The summed E-state index contributed by atoms with van der Waals surface area (Å²) in [7, 11) is 0. The van der Waals surface area contributed by atoms with Gasteiger partial charge in [-0.2, -0.15) is 26.3 Å². The smallest absolute Gasteiger partial charge is 0.416 e. The van der Waals surface area contributed by atoms with Crippen LogP contribution < -0.4 is 9.64 Å². The Balaban J connectivity index is 1.45. The van der Waals surface area contributed by atoms with E-state index in [1.807, 2.05) is 44.2 Å². The number of carbonyl (C=O) groups is 1. The average molecular weight is 693 g/mol. The molecule has 1 amide bonds. The molecule has 3 aromatic rings. The molecule has 49 heavy (non-hydrogen) atoms. The lowest BCUT2D eigenvalue weighted by Crippen LogP contribution is -2.57. The van der Waals surface area contributed by atoms with Crippen molar-refractivity contribution in [2.75, 3.05) is 4.90 Å². The second kappa shape index (κ2) is 15.7. The predicted molar refractivity (Wildman–Crippen MR) is 172 cm³/mol. The van der Waals surface area contributed by atoms with Crippen LogP contribution in [0.5, 0.6) is 5.75 Å². The zero-order valence-electron chi connectivity index (χ0n) is 27.6. The molecule has 2 aromatic carbocycles. The Labute approximate surface area is 282 Å². The van der Waals surface area contributed by atoms with Crippen molar-refractivity contribution in [3.05, 3.63) is 83.2 Å². The SMILES string of the molecule is CC[C@@H]1C[C@H](N(Cc2cc(C(F)(F)F)cc(C(F)(F)F)c2)c2ncc(OCc3ccccc3)cn2)C[C@H](CC)N1C(=O)OC1CCCCC1. The number of hydrogen-bond donors (Lipinski definition) is 0. The standard InChI is InChI=1S/C36H42F6N4O3/c1-3-28-18-30(19-29(4-2)46(28)34(47)49-31-13-9-6-10-14-31)45(22-25-15-26(35(37,38)39)17-27(16-25)36(40,41)42)33-43-20-32(21-44-33)48-23-24-11-7-5-8-12-24/h5,7-8,11-12,15-17,20-21,28-31H,3-4,6,9-10,13-14,18-19,22-23H2,1-2H3/t28-,29+,30+. The number of carbonyl (C=O) groups excluding carboxylic acids is 1. The summed E-state index contributed by atoms with van der Waals surface area (Å²) in [6.45, 7) is 3.83. The first-order valence-corrected chi connectivity index (χ1v) is 16.9. The lowest BCUT2D eigenvalue weighted by Gasteiger charge is -2.47. The zero-order chi connectivity index (χ0) is 35.2. The third kappa shape index (κ3) is 9.36. The van der Waals surface area contributed by atoms with Gasteiger partial charge in [0.1, 0.15) is 12.7 Å². The molecule has 13 heteroatoms. The van der Waals surface area contributed by atoms with Crippen LogP contribution in [0.3, 0.4) is 0 Å². The minimum atomic E-state index is -4.99. The highest BCUT2D eigenvalue weighted by Crippen LogP contribution is 2.38. The van der Waals surface area contributed by atoms with E-state index in [9.17, 15) is 31.1 Å². The molecule has 1 aliphatic carbocycles. The molecular weight excluding hydrogens is 650 g/mol. The number of anilines is 1. The van der Waals surface area contributed by atoms with Gasteiger partial charge < -0.3 is 19.3 Å². The fourth-order valence-electron chi connectivity index (χ4n) is 6.86. The molecule has 0 unspecified atom stereocenters. The quantitative estimate of drug-likeness (QED) is 0.197. The molecule has 7 nitrogen and oxygen atoms in total. The summed E-state index contributed by atoms with van der Waals surface area (Å²) < 4.78 is 94.6. The summed E-state index contributed by atoms with van der Waals surface area (Å²) in [6, 6.07) is 10.1. The normalized spacial score (nSPS) is 20.6. The van der Waals surface area contributed by atoms with Gasteiger partial charge in [-0.3, -0.25) is 0 Å². The molecule has 2 aliphatic rings. The molecule has 0 radical (unpaired) electrons. The van der Waals surface area contributed by atoms with Crippen molar-refractivity contribution in [3.8, 4) is 5.75 Å². The van der Waals surface area contributed by atoms with Crippen LogP contribution in [0.4, 0.5) is 37.1 Å². The van der Waals surface area contributed by atoms with Gasteiger partial charge in [-0.1, -0.05) is 50.6 Å². The summed E-state index contributed by atoms with van der Waals surface area (Å²) in [4.78, 5) is 25.9. The number of benzene rings is 2. The second-order valence-corrected chi connectivity index (χ2v) is 12.8. The van der Waals surface area contributed by atoms with E-state index in [-0.39, 0.29) is 55.0 Å². The van der Waals surface area contributed by atoms with Crippen LogP contribution in [0, 0.1) is 0 Å². The molecule has 0 bridgehead atoms. The van der Waals surface area contributed by atoms with Gasteiger partial charge in [0, 0.05) is 24.7 Å². The van der Waals surface area contributed by atoms with Crippen LogP contribution in [0.1, 0.15) is 93.9 Å². The number of hydrogen-bond acceptors (Lipinski definition) is 6. The first kappa shape index (κ1) is 36.3. The maximum absolute atomic E-state index is 13.8. The Morgan fingerprint density at radius 3 is 1.94 bits per heavy atom. The number of alkyl halides is 6. The average Bonchev–Trinajstić information content (AvgIpc) is 3.09. The van der Waals surface area contributed by atoms with Crippen molar-refractivity contribution in [2.45, 2.75) is 121 Å². The third-order valence-corrected chi connectivity index (χ3v) is 9.41. The molecule has 2 fully saturated rings. The van der Waals surface area contributed by atoms with Gasteiger partial charge in [0.15, 0.2) is 5.75 Å². The Hall–Kier alpha value is -4.03. The number of aromatic nitrogens is 2. The lowest BCUT2D eigenvalue weighted by atomic mass is 9.87. The number of piperidine rings is 1. The minimum Gasteiger partial charge on any atom is -0.486 e. The molecule has 0 N–H and O–H groups in total. The van der Waals surface area contributed by atoms with Gasteiger partial charge in [0.25, 0.3) is 0 Å². The summed E-state index contributed by atoms with van der Waals surface area (Å²) in [5, 5.41) is 0. The van der Waals surface area contributed by atoms with Gasteiger partial charge in [-0.25, -0.2) is 14.8 Å². The molecule has 0 spiro atoms. The first-order chi connectivity index (χ1) is 23.4. The van der Waals surface area contributed by atoms with E-state index in [1.165, 1.54) is 12.4 Å². The van der Waals surface area contributed by atoms with Crippen molar-refractivity contribution in [2.24, 2.45) is 0 Å². The van der Waals surface area contributed by atoms with Crippen LogP contribution in [0.2, 0.25) is 0 Å². The summed E-state index contributed by atoms with van der Waals surface area (Å²) in [6.07, 6.45) is -0.881. The highest BCUT2D eigenvalue weighted by Gasteiger charge is 2.42. The monoisotopic (exact) mass is 692 g/mol. The van der Waals surface area contributed by atoms with Gasteiger partial charge in [-0.05, 0) is 80.7 Å². The topological polar surface area (TPSA) is 67.8 Å². The van der Waals surface area contributed by atoms with Gasteiger partial charge in [-0.15, -0.1) is 0 Å². The van der Waals surface area contributed by atoms with Crippen LogP contribution in [0.15, 0.2) is 60.9 Å². The fourth-order valence-corrected chi connectivity index (χ4v) is 6.86. The molecule has 2 heterocycles. The molecule has 266 valence electrons.